The molecule has 0 fully saturated rings. The highest BCUT2D eigenvalue weighted by molar-refractivity contribution is 7.99. The fraction of sp³-hybridized carbons (Fsp3) is 0. The van der Waals surface area contributed by atoms with Gasteiger partial charge in [0, 0.05) is 4.90 Å². The van der Waals surface area contributed by atoms with Crippen LogP contribution in [0, 0.1) is 5.82 Å². The number of carboxylic acid groups (broad SMARTS) is 1. The van der Waals surface area contributed by atoms with Crippen molar-refractivity contribution in [3.8, 4) is 0 Å². The second kappa shape index (κ2) is 5.49. The van der Waals surface area contributed by atoms with Gasteiger partial charge in [0.05, 0.1) is 22.8 Å². The zero-order valence-corrected chi connectivity index (χ0v) is 11.5. The van der Waals surface area contributed by atoms with E-state index in [1.165, 1.54) is 23.9 Å². The average molecular weight is 300 g/mol. The molecular weight excluding hydrogens is 291 g/mol. The van der Waals surface area contributed by atoms with Gasteiger partial charge in [-0.25, -0.2) is 14.2 Å². The van der Waals surface area contributed by atoms with E-state index in [1.807, 2.05) is 24.3 Å². The van der Waals surface area contributed by atoms with E-state index in [4.69, 9.17) is 5.11 Å². The summed E-state index contributed by atoms with van der Waals surface area (Å²) in [6, 6.07) is 11.4. The topological polar surface area (TPSA) is 63.1 Å². The molecule has 2 aromatic carbocycles. The highest BCUT2D eigenvalue weighted by Gasteiger charge is 2.12. The summed E-state index contributed by atoms with van der Waals surface area (Å²) in [5.41, 5.74) is 1.18. The number of aromatic nitrogens is 2. The van der Waals surface area contributed by atoms with Crippen LogP contribution in [0.1, 0.15) is 10.4 Å². The molecule has 0 bridgehead atoms. The van der Waals surface area contributed by atoms with Crippen molar-refractivity contribution in [2.75, 3.05) is 0 Å². The average Bonchev–Trinajstić information content (AvgIpc) is 2.49. The number of rotatable bonds is 3. The van der Waals surface area contributed by atoms with Gasteiger partial charge in [-0.05, 0) is 30.3 Å². The van der Waals surface area contributed by atoms with Gasteiger partial charge >= 0.3 is 5.97 Å². The Labute approximate surface area is 123 Å². The molecule has 3 aromatic rings. The Bertz CT molecular complexity index is 839. The molecule has 6 heteroatoms. The number of para-hydroxylation sites is 2. The van der Waals surface area contributed by atoms with Gasteiger partial charge in [0.1, 0.15) is 10.8 Å². The first-order valence-electron chi connectivity index (χ1n) is 6.06. The summed E-state index contributed by atoms with van der Waals surface area (Å²) in [6.45, 7) is 0. The van der Waals surface area contributed by atoms with Gasteiger partial charge in [0.25, 0.3) is 0 Å². The van der Waals surface area contributed by atoms with Crippen LogP contribution in [0.15, 0.2) is 58.6 Å². The molecule has 21 heavy (non-hydrogen) atoms. The molecule has 1 heterocycles. The minimum atomic E-state index is -1.29. The molecule has 0 saturated heterocycles. The molecule has 0 saturated carbocycles. The maximum Gasteiger partial charge on any atom is 0.338 e. The largest absolute Gasteiger partial charge is 0.478 e. The molecule has 0 unspecified atom stereocenters. The van der Waals surface area contributed by atoms with E-state index in [2.05, 4.69) is 9.97 Å². The van der Waals surface area contributed by atoms with Crippen molar-refractivity contribution in [1.29, 1.82) is 0 Å². The Hall–Kier alpha value is -2.47. The number of carbonyl (C=O) groups is 1. The second-order valence-corrected chi connectivity index (χ2v) is 5.34. The van der Waals surface area contributed by atoms with Gasteiger partial charge < -0.3 is 5.11 Å². The van der Waals surface area contributed by atoms with Crippen LogP contribution >= 0.6 is 11.8 Å². The maximum atomic E-state index is 13.3. The predicted molar refractivity (Wildman–Crippen MR) is 77.0 cm³/mol. The molecule has 1 aromatic heterocycles. The summed E-state index contributed by atoms with van der Waals surface area (Å²) in [4.78, 5) is 20.2. The van der Waals surface area contributed by atoms with Crippen LogP contribution in [0.25, 0.3) is 11.0 Å². The molecule has 0 aliphatic rings. The third-order valence-electron chi connectivity index (χ3n) is 2.82. The Kier molecular flexibility index (Phi) is 3.53. The molecule has 104 valence electrons. The van der Waals surface area contributed by atoms with E-state index >= 15 is 0 Å². The lowest BCUT2D eigenvalue weighted by Crippen LogP contribution is -2.00. The van der Waals surface area contributed by atoms with E-state index in [1.54, 1.807) is 6.20 Å². The monoisotopic (exact) mass is 300 g/mol. The van der Waals surface area contributed by atoms with Crippen LogP contribution in [-0.4, -0.2) is 21.0 Å². The first kappa shape index (κ1) is 13.5. The number of fused-ring (bicyclic) bond motifs is 1. The minimum absolute atomic E-state index is 0.353. The van der Waals surface area contributed by atoms with Crippen LogP contribution in [0.5, 0.6) is 0 Å². The van der Waals surface area contributed by atoms with E-state index < -0.39 is 11.8 Å². The molecular formula is C15H9FN2O2S. The maximum absolute atomic E-state index is 13.3. The van der Waals surface area contributed by atoms with Gasteiger partial charge in [-0.15, -0.1) is 0 Å². The SMILES string of the molecule is O=C(O)c1cc(Sc2cnc3ccccc3n2)ccc1F. The van der Waals surface area contributed by atoms with E-state index in [-0.39, 0.29) is 5.56 Å². The molecule has 0 aliphatic heterocycles. The van der Waals surface area contributed by atoms with Crippen molar-refractivity contribution in [3.63, 3.8) is 0 Å². The highest BCUT2D eigenvalue weighted by Crippen LogP contribution is 2.28. The normalized spacial score (nSPS) is 10.7. The molecule has 0 spiro atoms. The van der Waals surface area contributed by atoms with Crippen molar-refractivity contribution >= 4 is 28.8 Å². The Morgan fingerprint density at radius 3 is 2.67 bits per heavy atom. The molecule has 3 rings (SSSR count). The standard InChI is InChI=1S/C15H9FN2O2S/c16-11-6-5-9(7-10(11)15(19)20)21-14-8-17-12-3-1-2-4-13(12)18-14/h1-8H,(H,19,20). The van der Waals surface area contributed by atoms with Crippen LogP contribution < -0.4 is 0 Å². The van der Waals surface area contributed by atoms with Crippen molar-refractivity contribution < 1.29 is 14.3 Å². The number of nitrogens with zero attached hydrogens (tertiary/aromatic N) is 2. The van der Waals surface area contributed by atoms with Crippen molar-refractivity contribution in [1.82, 2.24) is 9.97 Å². The summed E-state index contributed by atoms with van der Waals surface area (Å²) >= 11 is 1.24. The summed E-state index contributed by atoms with van der Waals surface area (Å²) in [5.74, 6) is -2.05. The number of carboxylic acids is 1. The summed E-state index contributed by atoms with van der Waals surface area (Å²) < 4.78 is 13.3. The zero-order chi connectivity index (χ0) is 14.8. The molecule has 0 amide bonds. The van der Waals surface area contributed by atoms with Crippen LogP contribution in [-0.2, 0) is 0 Å². The molecule has 0 radical (unpaired) electrons. The molecule has 0 aliphatic carbocycles. The highest BCUT2D eigenvalue weighted by atomic mass is 32.2. The molecule has 4 nitrogen and oxygen atoms in total. The number of halogens is 1. The van der Waals surface area contributed by atoms with E-state index in [9.17, 15) is 9.18 Å². The first-order chi connectivity index (χ1) is 10.1. The van der Waals surface area contributed by atoms with Gasteiger partial charge in [-0.1, -0.05) is 23.9 Å². The molecule has 1 N–H and O–H groups in total. The van der Waals surface area contributed by atoms with Gasteiger partial charge in [0.15, 0.2) is 0 Å². The van der Waals surface area contributed by atoms with Crippen molar-refractivity contribution in [2.45, 2.75) is 9.92 Å². The molecule has 0 atom stereocenters. The van der Waals surface area contributed by atoms with E-state index in [0.717, 1.165) is 17.1 Å². The smallest absolute Gasteiger partial charge is 0.338 e. The number of benzene rings is 2. The lowest BCUT2D eigenvalue weighted by molar-refractivity contribution is 0.0691. The predicted octanol–water partition coefficient (Wildman–Crippen LogP) is 3.62. The van der Waals surface area contributed by atoms with Gasteiger partial charge in [-0.2, -0.15) is 0 Å². The zero-order valence-electron chi connectivity index (χ0n) is 10.7. The lowest BCUT2D eigenvalue weighted by atomic mass is 10.2. The van der Waals surface area contributed by atoms with Crippen LogP contribution in [0.2, 0.25) is 0 Å². The fourth-order valence-corrected chi connectivity index (χ4v) is 2.65. The Morgan fingerprint density at radius 2 is 1.90 bits per heavy atom. The Balaban J connectivity index is 1.94. The summed E-state index contributed by atoms with van der Waals surface area (Å²) in [6.07, 6.45) is 1.61. The number of hydrogen-bond acceptors (Lipinski definition) is 4. The second-order valence-electron chi connectivity index (χ2n) is 4.25. The van der Waals surface area contributed by atoms with Gasteiger partial charge in [0.2, 0.25) is 0 Å². The van der Waals surface area contributed by atoms with Crippen LogP contribution in [0.3, 0.4) is 0 Å². The van der Waals surface area contributed by atoms with Gasteiger partial charge in [-0.3, -0.25) is 4.98 Å². The third-order valence-corrected chi connectivity index (χ3v) is 3.71. The number of aromatic carboxylic acids is 1. The van der Waals surface area contributed by atoms with Crippen LogP contribution in [0.4, 0.5) is 4.39 Å². The lowest BCUT2D eigenvalue weighted by Gasteiger charge is -2.04. The first-order valence-corrected chi connectivity index (χ1v) is 6.87. The quantitative estimate of drug-likeness (QED) is 0.800. The minimum Gasteiger partial charge on any atom is -0.478 e. The van der Waals surface area contributed by atoms with E-state index in [0.29, 0.717) is 9.92 Å². The summed E-state index contributed by atoms with van der Waals surface area (Å²) in [7, 11) is 0. The Morgan fingerprint density at radius 1 is 1.14 bits per heavy atom. The third kappa shape index (κ3) is 2.85. The van der Waals surface area contributed by atoms with Crippen molar-refractivity contribution in [3.05, 3.63) is 60.0 Å². The van der Waals surface area contributed by atoms with Crippen molar-refractivity contribution in [2.24, 2.45) is 0 Å². The number of hydrogen-bond donors (Lipinski definition) is 1. The summed E-state index contributed by atoms with van der Waals surface area (Å²) in [5, 5.41) is 9.54. The fourth-order valence-electron chi connectivity index (χ4n) is 1.84.